The Morgan fingerprint density at radius 1 is 1.17 bits per heavy atom. The molecule has 4 nitrogen and oxygen atoms in total. The Balaban J connectivity index is 1.77. The summed E-state index contributed by atoms with van der Waals surface area (Å²) in [5.41, 5.74) is -0.487. The maximum absolute atomic E-state index is 13.1. The summed E-state index contributed by atoms with van der Waals surface area (Å²) in [6, 6.07) is 18.5. The lowest BCUT2D eigenvalue weighted by molar-refractivity contribution is -0.154. The summed E-state index contributed by atoms with van der Waals surface area (Å²) in [5.74, 6) is 0.798. The molecule has 0 bridgehead atoms. The second-order valence-corrected chi connectivity index (χ2v) is 8.26. The maximum atomic E-state index is 13.1. The van der Waals surface area contributed by atoms with Crippen molar-refractivity contribution in [3.8, 4) is 17.6 Å². The average molecular weight is 396 g/mol. The van der Waals surface area contributed by atoms with Crippen LogP contribution in [0.3, 0.4) is 0 Å². The lowest BCUT2D eigenvalue weighted by Crippen LogP contribution is -2.23. The first-order valence-electron chi connectivity index (χ1n) is 9.94. The van der Waals surface area contributed by atoms with Crippen LogP contribution in [0.1, 0.15) is 32.4 Å². The summed E-state index contributed by atoms with van der Waals surface area (Å²) >= 11 is 0. The fourth-order valence-electron chi connectivity index (χ4n) is 3.84. The summed E-state index contributed by atoms with van der Waals surface area (Å²) in [4.78, 5) is 13.1. The van der Waals surface area contributed by atoms with E-state index in [1.165, 1.54) is 0 Å². The molecule has 1 saturated carbocycles. The molecular formula is C24H24B2NO3. The summed E-state index contributed by atoms with van der Waals surface area (Å²) in [6.07, 6.45) is 0.876. The molecule has 3 rings (SSSR count). The van der Waals surface area contributed by atoms with E-state index in [9.17, 15) is 10.1 Å². The van der Waals surface area contributed by atoms with Gasteiger partial charge in [-0.3, -0.25) is 4.79 Å². The van der Waals surface area contributed by atoms with E-state index in [1.54, 1.807) is 31.5 Å². The number of benzene rings is 2. The van der Waals surface area contributed by atoms with Crippen LogP contribution in [0.25, 0.3) is 0 Å². The highest BCUT2D eigenvalue weighted by molar-refractivity contribution is 6.60. The number of ether oxygens (including phenoxy) is 2. The van der Waals surface area contributed by atoms with Crippen LogP contribution in [-0.2, 0) is 9.53 Å². The van der Waals surface area contributed by atoms with Gasteiger partial charge >= 0.3 is 5.97 Å². The fourth-order valence-corrected chi connectivity index (χ4v) is 3.84. The molecule has 1 aliphatic carbocycles. The van der Waals surface area contributed by atoms with Gasteiger partial charge in [-0.15, -0.1) is 0 Å². The van der Waals surface area contributed by atoms with Gasteiger partial charge in [-0.25, -0.2) is 0 Å². The van der Waals surface area contributed by atoms with Crippen LogP contribution >= 0.6 is 0 Å². The third kappa shape index (κ3) is 4.03. The Kier molecular flexibility index (Phi) is 6.12. The number of esters is 1. The summed E-state index contributed by atoms with van der Waals surface area (Å²) in [6.45, 7) is 7.73. The molecule has 0 spiro atoms. The first kappa shape index (κ1) is 21.8. The molecule has 2 aromatic rings. The standard InChI is InChI=1S/C24H24B2NO3/c1-23(2)20(14-21(25)26-4)24(23,3)22(28)30-19(15-27)16-9-8-12-18(13-16)29-17-10-6-5-7-11-17/h5-14,19-20H,1-4H3/b21-14+. The fraction of sp³-hybridized carbons (Fsp3) is 0.333. The van der Waals surface area contributed by atoms with Gasteiger partial charge in [0.05, 0.1) is 13.3 Å². The average Bonchev–Trinajstić information content (AvgIpc) is 3.18. The normalized spacial score (nSPS) is 23.0. The number of carbonyl (C=O) groups is 1. The van der Waals surface area contributed by atoms with Gasteiger partial charge in [0.25, 0.3) is 0 Å². The van der Waals surface area contributed by atoms with Crippen LogP contribution in [0.15, 0.2) is 66.0 Å². The quantitative estimate of drug-likeness (QED) is 0.488. The summed E-state index contributed by atoms with van der Waals surface area (Å²) < 4.78 is 11.5. The van der Waals surface area contributed by atoms with Crippen molar-refractivity contribution in [3.63, 3.8) is 0 Å². The molecule has 0 N–H and O–H groups in total. The van der Waals surface area contributed by atoms with Crippen molar-refractivity contribution >= 4 is 21.1 Å². The minimum atomic E-state index is -1.02. The first-order valence-corrected chi connectivity index (χ1v) is 9.94. The molecular weight excluding hydrogens is 372 g/mol. The predicted octanol–water partition coefficient (Wildman–Crippen LogP) is 5.01. The van der Waals surface area contributed by atoms with Gasteiger partial charge in [-0.2, -0.15) is 10.6 Å². The molecule has 2 aromatic carbocycles. The topological polar surface area (TPSA) is 59.3 Å². The Bertz CT molecular complexity index is 997. The maximum Gasteiger partial charge on any atom is 0.314 e. The van der Waals surface area contributed by atoms with Crippen LogP contribution in [0.5, 0.6) is 11.5 Å². The van der Waals surface area contributed by atoms with Crippen LogP contribution in [0.2, 0.25) is 6.82 Å². The van der Waals surface area contributed by atoms with E-state index < -0.39 is 17.5 Å². The lowest BCUT2D eigenvalue weighted by atomic mass is 9.61. The van der Waals surface area contributed by atoms with E-state index in [1.807, 2.05) is 64.0 Å². The SMILES string of the molecule is [B]/C([B]C)=C\C1C(C)(C)C1(C)C(=O)OC(C#N)c1cccc(Oc2ccccc2)c1. The van der Waals surface area contributed by atoms with E-state index in [4.69, 9.17) is 17.3 Å². The Morgan fingerprint density at radius 2 is 1.83 bits per heavy atom. The molecule has 3 unspecified atom stereocenters. The number of carbonyl (C=O) groups excluding carboxylic acids is 1. The molecule has 0 heterocycles. The molecule has 1 aliphatic rings. The highest BCUT2D eigenvalue weighted by Crippen LogP contribution is 2.70. The van der Waals surface area contributed by atoms with Crippen molar-refractivity contribution in [2.75, 3.05) is 0 Å². The van der Waals surface area contributed by atoms with Gasteiger partial charge in [0.1, 0.15) is 24.8 Å². The molecule has 3 radical (unpaired) electrons. The minimum absolute atomic E-state index is 0.0548. The molecule has 0 saturated heterocycles. The van der Waals surface area contributed by atoms with Gasteiger partial charge in [-0.05, 0) is 42.5 Å². The van der Waals surface area contributed by atoms with Gasteiger partial charge in [0, 0.05) is 5.56 Å². The van der Waals surface area contributed by atoms with E-state index in [0.29, 0.717) is 22.4 Å². The Labute approximate surface area is 180 Å². The predicted molar refractivity (Wildman–Crippen MR) is 118 cm³/mol. The number of allylic oxidation sites excluding steroid dienone is 1. The number of para-hydroxylation sites is 1. The van der Waals surface area contributed by atoms with Crippen molar-refractivity contribution in [1.29, 1.82) is 5.26 Å². The van der Waals surface area contributed by atoms with E-state index in [0.717, 1.165) is 0 Å². The van der Waals surface area contributed by atoms with Gasteiger partial charge < -0.3 is 9.47 Å². The highest BCUT2D eigenvalue weighted by atomic mass is 16.5. The molecule has 1 fully saturated rings. The number of hydrogen-bond acceptors (Lipinski definition) is 4. The zero-order chi connectivity index (χ0) is 21.9. The lowest BCUT2D eigenvalue weighted by Gasteiger charge is -2.18. The van der Waals surface area contributed by atoms with E-state index >= 15 is 0 Å². The largest absolute Gasteiger partial charge is 0.457 e. The second kappa shape index (κ2) is 8.44. The highest BCUT2D eigenvalue weighted by Gasteiger charge is 2.72. The molecule has 0 aromatic heterocycles. The Hall–Kier alpha value is -2.93. The first-order chi connectivity index (χ1) is 14.2. The van der Waals surface area contributed by atoms with Crippen molar-refractivity contribution < 1.29 is 14.3 Å². The zero-order valence-corrected chi connectivity index (χ0v) is 17.8. The van der Waals surface area contributed by atoms with Gasteiger partial charge in [0.2, 0.25) is 6.10 Å². The molecule has 0 aliphatic heterocycles. The Morgan fingerprint density at radius 3 is 2.47 bits per heavy atom. The molecule has 6 heteroatoms. The van der Waals surface area contributed by atoms with Crippen molar-refractivity contribution in [2.24, 2.45) is 16.7 Å². The van der Waals surface area contributed by atoms with Crippen LogP contribution < -0.4 is 4.74 Å². The van der Waals surface area contributed by atoms with Crippen LogP contribution in [-0.4, -0.2) is 21.1 Å². The number of nitrogens with zero attached hydrogens (tertiary/aromatic N) is 1. The second-order valence-electron chi connectivity index (χ2n) is 8.26. The molecule has 30 heavy (non-hydrogen) atoms. The minimum Gasteiger partial charge on any atom is -0.457 e. The molecule has 149 valence electrons. The van der Waals surface area contributed by atoms with E-state index in [2.05, 4.69) is 6.07 Å². The molecule has 3 atom stereocenters. The van der Waals surface area contributed by atoms with E-state index in [-0.39, 0.29) is 11.3 Å². The van der Waals surface area contributed by atoms with Crippen LogP contribution in [0.4, 0.5) is 0 Å². The van der Waals surface area contributed by atoms with Crippen molar-refractivity contribution in [1.82, 2.24) is 0 Å². The summed E-state index contributed by atoms with van der Waals surface area (Å²) in [7, 11) is 7.74. The number of hydrogen-bond donors (Lipinski definition) is 0. The smallest absolute Gasteiger partial charge is 0.314 e. The third-order valence-corrected chi connectivity index (χ3v) is 6.25. The number of rotatable bonds is 7. The summed E-state index contributed by atoms with van der Waals surface area (Å²) in [5, 5.41) is 10.3. The van der Waals surface area contributed by atoms with Gasteiger partial charge in [-0.1, -0.05) is 57.1 Å². The number of nitriles is 1. The third-order valence-electron chi connectivity index (χ3n) is 6.25. The molecule has 0 amide bonds. The van der Waals surface area contributed by atoms with Gasteiger partial charge in [0.15, 0.2) is 0 Å². The van der Waals surface area contributed by atoms with Crippen molar-refractivity contribution in [3.05, 3.63) is 71.6 Å². The van der Waals surface area contributed by atoms with Crippen LogP contribution in [0, 0.1) is 28.1 Å². The van der Waals surface area contributed by atoms with Crippen molar-refractivity contribution in [2.45, 2.75) is 33.7 Å². The zero-order valence-electron chi connectivity index (χ0n) is 17.8. The monoisotopic (exact) mass is 396 g/mol.